The third-order valence-electron chi connectivity index (χ3n) is 6.15. The Balaban J connectivity index is 1.53. The number of nitrogens with two attached hydrogens (primary N) is 1. The first-order valence-corrected chi connectivity index (χ1v) is 10.6. The second kappa shape index (κ2) is 8.72. The molecule has 0 spiro atoms. The van der Waals surface area contributed by atoms with Gasteiger partial charge in [0.2, 0.25) is 5.91 Å². The number of piperidine rings is 1. The van der Waals surface area contributed by atoms with Crippen LogP contribution in [0.5, 0.6) is 0 Å². The molecule has 0 saturated carbocycles. The van der Waals surface area contributed by atoms with E-state index < -0.39 is 5.41 Å². The largest absolute Gasteiger partial charge is 0.369 e. The predicted molar refractivity (Wildman–Crippen MR) is 121 cm³/mol. The van der Waals surface area contributed by atoms with Crippen LogP contribution in [0, 0.1) is 12.3 Å². The molecule has 2 aromatic carbocycles. The first kappa shape index (κ1) is 20.8. The molecule has 1 saturated heterocycles. The van der Waals surface area contributed by atoms with Gasteiger partial charge in [0.05, 0.1) is 5.41 Å². The van der Waals surface area contributed by atoms with Crippen LogP contribution in [0.25, 0.3) is 11.1 Å². The van der Waals surface area contributed by atoms with E-state index in [1.54, 1.807) is 29.3 Å². The molecule has 158 valence electrons. The SMILES string of the molecule is Cc1ccc(-c2ccc(CC3(C(N)=O)CCCN(C(=O)c4ccccn4)C3)cc2)cc1. The number of carbonyl (C=O) groups is 2. The van der Waals surface area contributed by atoms with Gasteiger partial charge in [-0.2, -0.15) is 0 Å². The number of amides is 2. The van der Waals surface area contributed by atoms with Crippen LogP contribution in [0.4, 0.5) is 0 Å². The molecule has 2 N–H and O–H groups in total. The smallest absolute Gasteiger partial charge is 0.272 e. The summed E-state index contributed by atoms with van der Waals surface area (Å²) in [6, 6.07) is 22.0. The highest BCUT2D eigenvalue weighted by Crippen LogP contribution is 2.34. The highest BCUT2D eigenvalue weighted by atomic mass is 16.2. The molecule has 1 aliphatic rings. The number of likely N-dealkylation sites (tertiary alicyclic amines) is 1. The van der Waals surface area contributed by atoms with Crippen molar-refractivity contribution >= 4 is 11.8 Å². The predicted octanol–water partition coefficient (Wildman–Crippen LogP) is 4.01. The maximum atomic E-state index is 12.9. The zero-order valence-electron chi connectivity index (χ0n) is 17.8. The summed E-state index contributed by atoms with van der Waals surface area (Å²) >= 11 is 0. The number of aryl methyl sites for hydroxylation is 1. The normalized spacial score (nSPS) is 18.5. The first-order chi connectivity index (χ1) is 15.0. The standard InChI is InChI=1S/C26H27N3O2/c1-19-6-10-21(11-7-19)22-12-8-20(9-13-22)17-26(25(27)31)14-4-16-29(18-26)24(30)23-5-2-3-15-28-23/h2-3,5-13,15H,4,14,16-18H2,1H3,(H2,27,31). The molecule has 1 fully saturated rings. The van der Waals surface area contributed by atoms with E-state index in [0.717, 1.165) is 23.1 Å². The molecule has 5 heteroatoms. The van der Waals surface area contributed by atoms with Crippen LogP contribution in [-0.2, 0) is 11.2 Å². The van der Waals surface area contributed by atoms with Crippen LogP contribution in [0.3, 0.4) is 0 Å². The van der Waals surface area contributed by atoms with Crippen LogP contribution in [0.15, 0.2) is 72.9 Å². The van der Waals surface area contributed by atoms with Gasteiger partial charge in [-0.1, -0.05) is 60.2 Å². The number of hydrogen-bond acceptors (Lipinski definition) is 3. The minimum absolute atomic E-state index is 0.152. The summed E-state index contributed by atoms with van der Waals surface area (Å²) < 4.78 is 0. The molecule has 0 bridgehead atoms. The zero-order chi connectivity index (χ0) is 21.8. The van der Waals surface area contributed by atoms with Crippen molar-refractivity contribution in [2.24, 2.45) is 11.1 Å². The molecule has 3 aromatic rings. The number of benzene rings is 2. The molecule has 1 atom stereocenters. The Morgan fingerprint density at radius 2 is 1.68 bits per heavy atom. The van der Waals surface area contributed by atoms with E-state index in [2.05, 4.69) is 60.4 Å². The molecule has 1 aromatic heterocycles. The van der Waals surface area contributed by atoms with Crippen molar-refractivity contribution in [1.29, 1.82) is 0 Å². The van der Waals surface area contributed by atoms with Gasteiger partial charge < -0.3 is 10.6 Å². The summed E-state index contributed by atoms with van der Waals surface area (Å²) in [7, 11) is 0. The van der Waals surface area contributed by atoms with E-state index >= 15 is 0 Å². The van der Waals surface area contributed by atoms with Gasteiger partial charge in [-0.15, -0.1) is 0 Å². The van der Waals surface area contributed by atoms with Crippen molar-refractivity contribution in [3.63, 3.8) is 0 Å². The van der Waals surface area contributed by atoms with Gasteiger partial charge in [0.15, 0.2) is 0 Å². The lowest BCUT2D eigenvalue weighted by molar-refractivity contribution is -0.130. The van der Waals surface area contributed by atoms with Crippen LogP contribution in [0.1, 0.15) is 34.5 Å². The Bertz CT molecular complexity index is 1060. The quantitative estimate of drug-likeness (QED) is 0.687. The lowest BCUT2D eigenvalue weighted by atomic mass is 9.74. The van der Waals surface area contributed by atoms with Crippen LogP contribution < -0.4 is 5.73 Å². The first-order valence-electron chi connectivity index (χ1n) is 10.6. The Morgan fingerprint density at radius 3 is 2.29 bits per heavy atom. The molecule has 1 aliphatic heterocycles. The maximum Gasteiger partial charge on any atom is 0.272 e. The fourth-order valence-corrected chi connectivity index (χ4v) is 4.34. The van der Waals surface area contributed by atoms with E-state index in [1.807, 2.05) is 0 Å². The molecule has 2 heterocycles. The molecule has 0 aliphatic carbocycles. The van der Waals surface area contributed by atoms with Gasteiger partial charge in [-0.3, -0.25) is 14.6 Å². The van der Waals surface area contributed by atoms with Gasteiger partial charge in [0.1, 0.15) is 5.69 Å². The van der Waals surface area contributed by atoms with Gasteiger partial charge in [0.25, 0.3) is 5.91 Å². The lowest BCUT2D eigenvalue weighted by Gasteiger charge is -2.40. The van der Waals surface area contributed by atoms with E-state index in [1.165, 1.54) is 5.56 Å². The average molecular weight is 414 g/mol. The highest BCUT2D eigenvalue weighted by molar-refractivity contribution is 5.93. The lowest BCUT2D eigenvalue weighted by Crippen LogP contribution is -2.53. The van der Waals surface area contributed by atoms with Crippen molar-refractivity contribution in [2.75, 3.05) is 13.1 Å². The highest BCUT2D eigenvalue weighted by Gasteiger charge is 2.42. The van der Waals surface area contributed by atoms with E-state index in [-0.39, 0.29) is 11.8 Å². The van der Waals surface area contributed by atoms with Crippen molar-refractivity contribution < 1.29 is 9.59 Å². The summed E-state index contributed by atoms with van der Waals surface area (Å²) in [5, 5.41) is 0. The summed E-state index contributed by atoms with van der Waals surface area (Å²) in [6.07, 6.45) is 3.54. The summed E-state index contributed by atoms with van der Waals surface area (Å²) in [4.78, 5) is 31.4. The Hall–Kier alpha value is -3.47. The van der Waals surface area contributed by atoms with E-state index in [9.17, 15) is 9.59 Å². The molecule has 2 amide bonds. The van der Waals surface area contributed by atoms with Crippen molar-refractivity contribution in [1.82, 2.24) is 9.88 Å². The van der Waals surface area contributed by atoms with Crippen LogP contribution in [0.2, 0.25) is 0 Å². The number of hydrogen-bond donors (Lipinski definition) is 1. The molecule has 0 radical (unpaired) electrons. The Labute approximate surface area is 182 Å². The zero-order valence-corrected chi connectivity index (χ0v) is 17.8. The van der Waals surface area contributed by atoms with Gasteiger partial charge in [-0.05, 0) is 55.0 Å². The number of aromatic nitrogens is 1. The van der Waals surface area contributed by atoms with Gasteiger partial charge in [0, 0.05) is 19.3 Å². The number of nitrogens with zero attached hydrogens (tertiary/aromatic N) is 2. The second-order valence-corrected chi connectivity index (χ2v) is 8.43. The fraction of sp³-hybridized carbons (Fsp3) is 0.269. The molecule has 4 rings (SSSR count). The van der Waals surface area contributed by atoms with Crippen LogP contribution >= 0.6 is 0 Å². The monoisotopic (exact) mass is 413 g/mol. The van der Waals surface area contributed by atoms with E-state index in [0.29, 0.717) is 31.6 Å². The molecule has 31 heavy (non-hydrogen) atoms. The second-order valence-electron chi connectivity index (χ2n) is 8.43. The summed E-state index contributed by atoms with van der Waals surface area (Å²) in [5.74, 6) is -0.505. The van der Waals surface area contributed by atoms with Gasteiger partial charge in [-0.25, -0.2) is 0 Å². The third-order valence-corrected chi connectivity index (χ3v) is 6.15. The number of primary amides is 1. The maximum absolute atomic E-state index is 12.9. The summed E-state index contributed by atoms with van der Waals surface area (Å²) in [6.45, 7) is 3.00. The third kappa shape index (κ3) is 4.50. The van der Waals surface area contributed by atoms with Crippen LogP contribution in [-0.4, -0.2) is 34.8 Å². The number of carbonyl (C=O) groups excluding carboxylic acids is 2. The van der Waals surface area contributed by atoms with Crippen molar-refractivity contribution in [3.8, 4) is 11.1 Å². The van der Waals surface area contributed by atoms with Gasteiger partial charge >= 0.3 is 0 Å². The molecular formula is C26H27N3O2. The Morgan fingerprint density at radius 1 is 1.00 bits per heavy atom. The number of pyridine rings is 1. The summed E-state index contributed by atoms with van der Waals surface area (Å²) in [5.41, 5.74) is 10.1. The average Bonchev–Trinajstić information content (AvgIpc) is 2.80. The molecular weight excluding hydrogens is 386 g/mol. The topological polar surface area (TPSA) is 76.3 Å². The Kier molecular flexibility index (Phi) is 5.85. The van der Waals surface area contributed by atoms with Crippen molar-refractivity contribution in [3.05, 3.63) is 89.7 Å². The molecule has 5 nitrogen and oxygen atoms in total. The minimum atomic E-state index is -0.770. The molecule has 1 unspecified atom stereocenters. The fourth-order valence-electron chi connectivity index (χ4n) is 4.34. The number of rotatable bonds is 5. The van der Waals surface area contributed by atoms with E-state index in [4.69, 9.17) is 5.73 Å². The minimum Gasteiger partial charge on any atom is -0.369 e. The van der Waals surface area contributed by atoms with Crippen molar-refractivity contribution in [2.45, 2.75) is 26.2 Å².